The average Bonchev–Trinajstić information content (AvgIpc) is 2.69. The third-order valence-corrected chi connectivity index (χ3v) is 7.44. The van der Waals surface area contributed by atoms with Crippen molar-refractivity contribution in [1.29, 1.82) is 0 Å². The maximum atomic E-state index is 12.4. The molecule has 1 aromatic carbocycles. The topological polar surface area (TPSA) is 58.6 Å². The normalized spacial score (nSPS) is 21.1. The molecule has 1 saturated carbocycles. The highest BCUT2D eigenvalue weighted by Crippen LogP contribution is 2.32. The van der Waals surface area contributed by atoms with Crippen molar-refractivity contribution in [2.75, 3.05) is 26.7 Å². The van der Waals surface area contributed by atoms with Gasteiger partial charge in [0.25, 0.3) is 10.2 Å². The van der Waals surface area contributed by atoms with Crippen LogP contribution in [-0.2, 0) is 21.4 Å². The van der Waals surface area contributed by atoms with E-state index in [4.69, 9.17) is 4.74 Å². The average molecular weight is 381 g/mol. The van der Waals surface area contributed by atoms with Crippen molar-refractivity contribution in [2.45, 2.75) is 63.4 Å². The third kappa shape index (κ3) is 5.28. The second-order valence-electron chi connectivity index (χ2n) is 7.56. The molecule has 0 spiro atoms. The van der Waals surface area contributed by atoms with Gasteiger partial charge in [-0.15, -0.1) is 0 Å². The lowest BCUT2D eigenvalue weighted by Crippen LogP contribution is -2.46. The van der Waals surface area contributed by atoms with Gasteiger partial charge in [0.2, 0.25) is 0 Å². The van der Waals surface area contributed by atoms with Gasteiger partial charge in [0.1, 0.15) is 0 Å². The molecule has 0 aromatic heterocycles. The standard InChI is InChI=1S/C20H32N2O3S/c1-25-20-12-15-22(16-13-20)26(23,24)21-14-11-17-7-9-19(10-8-17)18-5-3-2-4-6-18/h7-10,18,20-21H,2-6,11-16H2,1H3. The minimum Gasteiger partial charge on any atom is -0.381 e. The first-order valence-corrected chi connectivity index (χ1v) is 11.4. The first-order valence-electron chi connectivity index (χ1n) is 9.95. The van der Waals surface area contributed by atoms with E-state index in [9.17, 15) is 8.42 Å². The van der Waals surface area contributed by atoms with Crippen molar-refractivity contribution >= 4 is 10.2 Å². The van der Waals surface area contributed by atoms with Gasteiger partial charge >= 0.3 is 0 Å². The highest BCUT2D eigenvalue weighted by Gasteiger charge is 2.27. The summed E-state index contributed by atoms with van der Waals surface area (Å²) in [6, 6.07) is 8.77. The summed E-state index contributed by atoms with van der Waals surface area (Å²) in [7, 11) is -1.70. The van der Waals surface area contributed by atoms with Crippen molar-refractivity contribution in [2.24, 2.45) is 0 Å². The molecular weight excluding hydrogens is 348 g/mol. The van der Waals surface area contributed by atoms with Crippen LogP contribution < -0.4 is 4.72 Å². The number of nitrogens with zero attached hydrogens (tertiary/aromatic N) is 1. The largest absolute Gasteiger partial charge is 0.381 e. The van der Waals surface area contributed by atoms with Gasteiger partial charge in [0, 0.05) is 26.7 Å². The van der Waals surface area contributed by atoms with Crippen molar-refractivity contribution in [3.8, 4) is 0 Å². The van der Waals surface area contributed by atoms with E-state index < -0.39 is 10.2 Å². The van der Waals surface area contributed by atoms with Crippen LogP contribution in [0, 0.1) is 0 Å². The van der Waals surface area contributed by atoms with Crippen LogP contribution in [-0.4, -0.2) is 45.6 Å². The second kappa shape index (κ2) is 9.31. The Morgan fingerprint density at radius 3 is 2.31 bits per heavy atom. The number of rotatable bonds is 7. The molecule has 1 aliphatic heterocycles. The lowest BCUT2D eigenvalue weighted by molar-refractivity contribution is 0.0602. The Balaban J connectivity index is 1.45. The van der Waals surface area contributed by atoms with E-state index in [1.165, 1.54) is 47.5 Å². The van der Waals surface area contributed by atoms with Crippen molar-refractivity contribution < 1.29 is 13.2 Å². The summed E-state index contributed by atoms with van der Waals surface area (Å²) in [5, 5.41) is 0. The van der Waals surface area contributed by atoms with E-state index in [0.29, 0.717) is 25.6 Å². The Morgan fingerprint density at radius 1 is 1.04 bits per heavy atom. The van der Waals surface area contributed by atoms with Gasteiger partial charge in [0.15, 0.2) is 0 Å². The summed E-state index contributed by atoms with van der Waals surface area (Å²) >= 11 is 0. The molecule has 6 heteroatoms. The summed E-state index contributed by atoms with van der Waals surface area (Å²) in [6.45, 7) is 1.50. The number of hydrogen-bond acceptors (Lipinski definition) is 3. The first kappa shape index (κ1) is 19.8. The summed E-state index contributed by atoms with van der Waals surface area (Å²) in [5.41, 5.74) is 2.63. The van der Waals surface area contributed by atoms with Crippen LogP contribution in [0.3, 0.4) is 0 Å². The molecule has 1 saturated heterocycles. The fourth-order valence-corrected chi connectivity index (χ4v) is 5.35. The number of benzene rings is 1. The zero-order valence-corrected chi connectivity index (χ0v) is 16.6. The lowest BCUT2D eigenvalue weighted by Gasteiger charge is -2.30. The highest BCUT2D eigenvalue weighted by atomic mass is 32.2. The molecule has 26 heavy (non-hydrogen) atoms. The molecule has 1 aliphatic carbocycles. The van der Waals surface area contributed by atoms with Gasteiger partial charge in [-0.25, -0.2) is 4.72 Å². The molecule has 1 aromatic rings. The summed E-state index contributed by atoms with van der Waals surface area (Å²) < 4.78 is 34.4. The minimum absolute atomic E-state index is 0.184. The molecular formula is C20H32N2O3S. The second-order valence-corrected chi connectivity index (χ2v) is 9.32. The van der Waals surface area contributed by atoms with Gasteiger partial charge < -0.3 is 4.74 Å². The summed E-state index contributed by atoms with van der Waals surface area (Å²) in [6.07, 6.45) is 9.10. The van der Waals surface area contributed by atoms with E-state index in [2.05, 4.69) is 29.0 Å². The molecule has 0 amide bonds. The zero-order chi connectivity index (χ0) is 18.4. The van der Waals surface area contributed by atoms with Crippen molar-refractivity contribution in [3.05, 3.63) is 35.4 Å². The van der Waals surface area contributed by atoms with Crippen LogP contribution in [0.15, 0.2) is 24.3 Å². The van der Waals surface area contributed by atoms with Gasteiger partial charge in [-0.3, -0.25) is 0 Å². The quantitative estimate of drug-likeness (QED) is 0.790. The molecule has 2 fully saturated rings. The van der Waals surface area contributed by atoms with Crippen LogP contribution in [0.25, 0.3) is 0 Å². The number of nitrogens with one attached hydrogen (secondary N) is 1. The van der Waals surface area contributed by atoms with Crippen LogP contribution in [0.1, 0.15) is 62.0 Å². The molecule has 1 heterocycles. The predicted molar refractivity (Wildman–Crippen MR) is 104 cm³/mol. The third-order valence-electron chi connectivity index (χ3n) is 5.83. The fraction of sp³-hybridized carbons (Fsp3) is 0.700. The van der Waals surface area contributed by atoms with Crippen molar-refractivity contribution in [1.82, 2.24) is 9.03 Å². The van der Waals surface area contributed by atoms with Crippen LogP contribution >= 0.6 is 0 Å². The van der Waals surface area contributed by atoms with Gasteiger partial charge in [-0.05, 0) is 49.1 Å². The maximum Gasteiger partial charge on any atom is 0.279 e. The monoisotopic (exact) mass is 380 g/mol. The number of ether oxygens (including phenoxy) is 1. The van der Waals surface area contributed by atoms with E-state index in [0.717, 1.165) is 19.3 Å². The van der Waals surface area contributed by atoms with E-state index in [1.54, 1.807) is 7.11 Å². The van der Waals surface area contributed by atoms with Crippen LogP contribution in [0.5, 0.6) is 0 Å². The van der Waals surface area contributed by atoms with Crippen LogP contribution in [0.2, 0.25) is 0 Å². The lowest BCUT2D eigenvalue weighted by atomic mass is 9.84. The smallest absolute Gasteiger partial charge is 0.279 e. The Kier molecular flexibility index (Phi) is 7.09. The van der Waals surface area contributed by atoms with Crippen LogP contribution in [0.4, 0.5) is 0 Å². The summed E-state index contributed by atoms with van der Waals surface area (Å²) in [5.74, 6) is 0.714. The maximum absolute atomic E-state index is 12.4. The Labute approximate surface area is 158 Å². The Morgan fingerprint density at radius 2 is 1.69 bits per heavy atom. The van der Waals surface area contributed by atoms with Gasteiger partial charge in [-0.1, -0.05) is 43.5 Å². The number of piperidine rings is 1. The van der Waals surface area contributed by atoms with E-state index in [1.807, 2.05) is 0 Å². The number of methoxy groups -OCH3 is 1. The first-order chi connectivity index (χ1) is 12.6. The number of hydrogen-bond donors (Lipinski definition) is 1. The Hall–Kier alpha value is -0.950. The van der Waals surface area contributed by atoms with Crippen molar-refractivity contribution in [3.63, 3.8) is 0 Å². The SMILES string of the molecule is COC1CCN(S(=O)(=O)NCCc2ccc(C3CCCCC3)cc2)CC1. The molecule has 0 bridgehead atoms. The molecule has 146 valence electrons. The van der Waals surface area contributed by atoms with E-state index in [-0.39, 0.29) is 6.10 Å². The minimum atomic E-state index is -3.38. The summed E-state index contributed by atoms with van der Waals surface area (Å²) in [4.78, 5) is 0. The van der Waals surface area contributed by atoms with Gasteiger partial charge in [0.05, 0.1) is 6.10 Å². The van der Waals surface area contributed by atoms with Gasteiger partial charge in [-0.2, -0.15) is 12.7 Å². The molecule has 0 atom stereocenters. The molecule has 0 radical (unpaired) electrons. The molecule has 5 nitrogen and oxygen atoms in total. The fourth-order valence-electron chi connectivity index (χ4n) is 4.12. The zero-order valence-electron chi connectivity index (χ0n) is 15.8. The molecule has 3 rings (SSSR count). The van der Waals surface area contributed by atoms with E-state index >= 15 is 0 Å². The molecule has 0 unspecified atom stereocenters. The predicted octanol–water partition coefficient (Wildman–Crippen LogP) is 3.22. The Bertz CT molecular complexity index is 646. The molecule has 2 aliphatic rings. The highest BCUT2D eigenvalue weighted by molar-refractivity contribution is 7.87. The molecule has 1 N–H and O–H groups in total.